The lowest BCUT2D eigenvalue weighted by atomic mass is 10.1. The lowest BCUT2D eigenvalue weighted by Gasteiger charge is -2.37. The molecule has 1 aliphatic rings. The van der Waals surface area contributed by atoms with Gasteiger partial charge >= 0.3 is 0 Å². The van der Waals surface area contributed by atoms with E-state index in [0.717, 1.165) is 54.2 Å². The zero-order valence-electron chi connectivity index (χ0n) is 19.7. The zero-order chi connectivity index (χ0) is 23.8. The maximum absolute atomic E-state index is 6.28. The van der Waals surface area contributed by atoms with Gasteiger partial charge in [0.25, 0.3) is 0 Å². The number of nitrogens with zero attached hydrogens (tertiary/aromatic N) is 5. The van der Waals surface area contributed by atoms with Crippen LogP contribution < -0.4 is 20.3 Å². The van der Waals surface area contributed by atoms with Crippen molar-refractivity contribution in [2.75, 3.05) is 42.6 Å². The third kappa shape index (κ3) is 4.17. The van der Waals surface area contributed by atoms with Gasteiger partial charge in [-0.25, -0.2) is 9.50 Å². The molecule has 8 heteroatoms. The minimum absolute atomic E-state index is 0.0712. The normalized spacial score (nSPS) is 15.1. The summed E-state index contributed by atoms with van der Waals surface area (Å²) in [4.78, 5) is 9.37. The predicted octanol–water partition coefficient (Wildman–Crippen LogP) is 4.20. The van der Waals surface area contributed by atoms with E-state index >= 15 is 0 Å². The molecule has 1 fully saturated rings. The molecule has 1 atom stereocenters. The fourth-order valence-electron chi connectivity index (χ4n) is 4.61. The van der Waals surface area contributed by atoms with Gasteiger partial charge in [-0.2, -0.15) is 0 Å². The van der Waals surface area contributed by atoms with Crippen LogP contribution in [0.25, 0.3) is 28.1 Å². The Balaban J connectivity index is 1.29. The highest BCUT2D eigenvalue weighted by atomic mass is 16.5. The Morgan fingerprint density at radius 1 is 0.971 bits per heavy atom. The van der Waals surface area contributed by atoms with Crippen molar-refractivity contribution >= 4 is 28.0 Å². The van der Waals surface area contributed by atoms with Crippen LogP contribution in [0.2, 0.25) is 0 Å². The first-order chi connectivity index (χ1) is 17.2. The Kier molecular flexibility index (Phi) is 5.50. The molecule has 0 saturated carbocycles. The summed E-state index contributed by atoms with van der Waals surface area (Å²) in [6.45, 7) is 6.15. The van der Waals surface area contributed by atoms with Gasteiger partial charge in [-0.05, 0) is 43.3 Å². The Hall–Kier alpha value is -4.04. The molecule has 1 saturated heterocycles. The largest absolute Gasteiger partial charge is 0.475 e. The van der Waals surface area contributed by atoms with E-state index in [1.807, 2.05) is 19.1 Å². The van der Waals surface area contributed by atoms with Crippen LogP contribution in [0.3, 0.4) is 0 Å². The van der Waals surface area contributed by atoms with Crippen LogP contribution in [0.1, 0.15) is 6.92 Å². The number of hydrogen-bond acceptors (Lipinski definition) is 7. The van der Waals surface area contributed by atoms with Crippen LogP contribution in [-0.4, -0.2) is 53.4 Å². The van der Waals surface area contributed by atoms with Gasteiger partial charge in [0.05, 0.1) is 6.20 Å². The lowest BCUT2D eigenvalue weighted by Crippen LogP contribution is -2.46. The number of nitrogens with two attached hydrogens (primary N) is 1. The summed E-state index contributed by atoms with van der Waals surface area (Å²) in [6, 6.07) is 22.6. The highest BCUT2D eigenvalue weighted by Gasteiger charge is 2.21. The molecule has 0 bridgehead atoms. The second kappa shape index (κ2) is 8.96. The number of benzene rings is 2. The van der Waals surface area contributed by atoms with Crippen molar-refractivity contribution in [3.8, 4) is 17.3 Å². The van der Waals surface area contributed by atoms with Crippen LogP contribution >= 0.6 is 0 Å². The maximum Gasteiger partial charge on any atom is 0.231 e. The number of para-hydroxylation sites is 1. The van der Waals surface area contributed by atoms with Gasteiger partial charge in [0.2, 0.25) is 5.88 Å². The topological polar surface area (TPSA) is 85.1 Å². The van der Waals surface area contributed by atoms with Crippen molar-refractivity contribution in [2.45, 2.75) is 13.0 Å². The first kappa shape index (κ1) is 21.5. The number of imidazole rings is 1. The van der Waals surface area contributed by atoms with Crippen LogP contribution in [-0.2, 0) is 0 Å². The van der Waals surface area contributed by atoms with E-state index in [-0.39, 0.29) is 6.04 Å². The zero-order valence-corrected chi connectivity index (χ0v) is 19.7. The molecule has 1 aliphatic heterocycles. The highest BCUT2D eigenvalue weighted by molar-refractivity contribution is 5.94. The van der Waals surface area contributed by atoms with Crippen LogP contribution in [0.15, 0.2) is 77.3 Å². The first-order valence-corrected chi connectivity index (χ1v) is 12.0. The van der Waals surface area contributed by atoms with E-state index in [2.05, 4.69) is 68.4 Å². The van der Waals surface area contributed by atoms with E-state index in [0.29, 0.717) is 12.5 Å². The van der Waals surface area contributed by atoms with Gasteiger partial charge in [0.15, 0.2) is 11.4 Å². The minimum Gasteiger partial charge on any atom is -0.475 e. The molecule has 3 aromatic heterocycles. The standard InChI is InChI=1S/C27H28N6O2/c1-19(28)18-34-27-11-10-26-29-17-23(33(26)30-27)25-16-21-22(8-5-9-24(21)35-25)32-14-12-31(13-15-32)20-6-3-2-4-7-20/h2-11,16-17,19H,12-15,18,28H2,1H3/t19-/m0/s1. The molecule has 4 heterocycles. The molecule has 35 heavy (non-hydrogen) atoms. The molecule has 0 spiro atoms. The van der Waals surface area contributed by atoms with Gasteiger partial charge in [-0.3, -0.25) is 0 Å². The summed E-state index contributed by atoms with van der Waals surface area (Å²) in [5, 5.41) is 5.70. The molecular formula is C27H28N6O2. The number of fused-ring (bicyclic) bond motifs is 2. The molecule has 6 rings (SSSR count). The molecule has 2 N–H and O–H groups in total. The molecule has 0 amide bonds. The van der Waals surface area contributed by atoms with E-state index in [1.165, 1.54) is 11.4 Å². The Labute approximate surface area is 203 Å². The Morgan fingerprint density at radius 2 is 1.77 bits per heavy atom. The van der Waals surface area contributed by atoms with E-state index in [9.17, 15) is 0 Å². The predicted molar refractivity (Wildman–Crippen MR) is 138 cm³/mol. The summed E-state index contributed by atoms with van der Waals surface area (Å²) < 4.78 is 13.7. The average molecular weight is 469 g/mol. The molecule has 2 aromatic carbocycles. The van der Waals surface area contributed by atoms with E-state index < -0.39 is 0 Å². The molecule has 178 valence electrons. The number of ether oxygens (including phenoxy) is 1. The molecule has 5 aromatic rings. The summed E-state index contributed by atoms with van der Waals surface area (Å²) in [5.41, 5.74) is 10.6. The Bertz CT molecular complexity index is 1450. The average Bonchev–Trinajstić information content (AvgIpc) is 3.52. The molecule has 0 radical (unpaired) electrons. The minimum atomic E-state index is -0.0712. The third-order valence-corrected chi connectivity index (χ3v) is 6.36. The second-order valence-electron chi connectivity index (χ2n) is 8.98. The molecule has 8 nitrogen and oxygen atoms in total. The molecule has 0 unspecified atom stereocenters. The monoisotopic (exact) mass is 468 g/mol. The van der Waals surface area contributed by atoms with Crippen molar-refractivity contribution in [1.82, 2.24) is 14.6 Å². The fraction of sp³-hybridized carbons (Fsp3) is 0.259. The van der Waals surface area contributed by atoms with E-state index in [1.54, 1.807) is 16.8 Å². The van der Waals surface area contributed by atoms with Crippen molar-refractivity contribution in [2.24, 2.45) is 5.73 Å². The number of rotatable bonds is 6. The molecular weight excluding hydrogens is 440 g/mol. The van der Waals surface area contributed by atoms with Gasteiger partial charge in [-0.1, -0.05) is 24.3 Å². The Morgan fingerprint density at radius 3 is 2.57 bits per heavy atom. The summed E-state index contributed by atoms with van der Waals surface area (Å²) >= 11 is 0. The van der Waals surface area contributed by atoms with Crippen molar-refractivity contribution < 1.29 is 9.15 Å². The fourth-order valence-corrected chi connectivity index (χ4v) is 4.61. The summed E-state index contributed by atoms with van der Waals surface area (Å²) in [7, 11) is 0. The van der Waals surface area contributed by atoms with Crippen LogP contribution in [0, 0.1) is 0 Å². The quantitative estimate of drug-likeness (QED) is 0.400. The van der Waals surface area contributed by atoms with Gasteiger partial charge < -0.3 is 24.7 Å². The van der Waals surface area contributed by atoms with Gasteiger partial charge in [0, 0.05) is 55.0 Å². The van der Waals surface area contributed by atoms with Gasteiger partial charge in [-0.15, -0.1) is 5.10 Å². The number of hydrogen-bond donors (Lipinski definition) is 1. The summed E-state index contributed by atoms with van der Waals surface area (Å²) in [5.74, 6) is 1.22. The van der Waals surface area contributed by atoms with E-state index in [4.69, 9.17) is 14.9 Å². The van der Waals surface area contributed by atoms with Crippen molar-refractivity contribution in [1.29, 1.82) is 0 Å². The second-order valence-corrected chi connectivity index (χ2v) is 8.98. The number of anilines is 2. The third-order valence-electron chi connectivity index (χ3n) is 6.36. The van der Waals surface area contributed by atoms with Gasteiger partial charge in [0.1, 0.15) is 17.9 Å². The first-order valence-electron chi connectivity index (χ1n) is 12.0. The van der Waals surface area contributed by atoms with Crippen LogP contribution in [0.5, 0.6) is 5.88 Å². The number of piperazine rings is 1. The SMILES string of the molecule is C[C@H](N)COc1ccc2ncc(-c3cc4c(N5CCN(c6ccccc6)CC5)cccc4o3)n2n1. The van der Waals surface area contributed by atoms with Crippen molar-refractivity contribution in [3.05, 3.63) is 72.9 Å². The molecule has 0 aliphatic carbocycles. The number of aromatic nitrogens is 3. The van der Waals surface area contributed by atoms with Crippen LogP contribution in [0.4, 0.5) is 11.4 Å². The highest BCUT2D eigenvalue weighted by Crippen LogP contribution is 2.35. The maximum atomic E-state index is 6.28. The lowest BCUT2D eigenvalue weighted by molar-refractivity contribution is 0.281. The smallest absolute Gasteiger partial charge is 0.231 e. The van der Waals surface area contributed by atoms with Crippen molar-refractivity contribution in [3.63, 3.8) is 0 Å². The number of furan rings is 1. The summed E-state index contributed by atoms with van der Waals surface area (Å²) in [6.07, 6.45) is 1.79.